The second kappa shape index (κ2) is 7.08. The Labute approximate surface area is 141 Å². The van der Waals surface area contributed by atoms with Gasteiger partial charge in [0.2, 0.25) is 0 Å². The number of aromatic amines is 1. The van der Waals surface area contributed by atoms with Crippen LogP contribution in [0.5, 0.6) is 0 Å². The summed E-state index contributed by atoms with van der Waals surface area (Å²) in [5.74, 6) is 0. The molecule has 0 aliphatic carbocycles. The van der Waals surface area contributed by atoms with Crippen molar-refractivity contribution in [2.75, 3.05) is 30.9 Å². The average molecular weight is 322 g/mol. The lowest BCUT2D eigenvalue weighted by atomic mass is 10.1. The summed E-state index contributed by atoms with van der Waals surface area (Å²) in [6.45, 7) is 0.587. The molecular formula is C19H22N4O. The Morgan fingerprint density at radius 2 is 1.83 bits per heavy atom. The highest BCUT2D eigenvalue weighted by Crippen LogP contribution is 2.18. The molecule has 5 heteroatoms. The summed E-state index contributed by atoms with van der Waals surface area (Å²) in [7, 11) is 3.97. The Balaban J connectivity index is 1.50. The van der Waals surface area contributed by atoms with Crippen LogP contribution in [0, 0.1) is 0 Å². The fourth-order valence-corrected chi connectivity index (χ4v) is 2.67. The van der Waals surface area contributed by atoms with Gasteiger partial charge in [-0.3, -0.25) is 0 Å². The second-order valence-corrected chi connectivity index (χ2v) is 5.93. The highest BCUT2D eigenvalue weighted by Gasteiger charge is 2.05. The highest BCUT2D eigenvalue weighted by atomic mass is 16.2. The van der Waals surface area contributed by atoms with E-state index in [1.54, 1.807) is 0 Å². The minimum atomic E-state index is -0.188. The van der Waals surface area contributed by atoms with Gasteiger partial charge in [0.05, 0.1) is 0 Å². The Hall–Kier alpha value is -2.95. The van der Waals surface area contributed by atoms with E-state index in [1.165, 1.54) is 10.9 Å². The minimum Gasteiger partial charge on any atom is -0.378 e. The van der Waals surface area contributed by atoms with Gasteiger partial charge in [0.15, 0.2) is 0 Å². The standard InChI is InChI=1S/C19H22N4O/c1-23(2)16-9-7-15(8-10-16)22-19(24)20-12-11-14-13-21-18-6-4-3-5-17(14)18/h3-10,13,21H,11-12H2,1-2H3,(H2,20,22,24). The predicted octanol–water partition coefficient (Wildman–Crippen LogP) is 3.60. The lowest BCUT2D eigenvalue weighted by Gasteiger charge is -2.13. The van der Waals surface area contributed by atoms with Crippen LogP contribution in [0.1, 0.15) is 5.56 Å². The molecule has 3 N–H and O–H groups in total. The number of nitrogens with one attached hydrogen (secondary N) is 3. The molecule has 24 heavy (non-hydrogen) atoms. The maximum atomic E-state index is 12.0. The van der Waals surface area contributed by atoms with Gasteiger partial charge >= 0.3 is 6.03 Å². The SMILES string of the molecule is CN(C)c1ccc(NC(=O)NCCc2c[nH]c3ccccc23)cc1. The number of carbonyl (C=O) groups is 1. The molecule has 2 aromatic carbocycles. The van der Waals surface area contributed by atoms with E-state index in [1.807, 2.05) is 61.6 Å². The number of urea groups is 1. The number of hydrogen-bond donors (Lipinski definition) is 3. The molecule has 1 heterocycles. The highest BCUT2D eigenvalue weighted by molar-refractivity contribution is 5.89. The van der Waals surface area contributed by atoms with Crippen molar-refractivity contribution >= 4 is 28.3 Å². The first-order chi connectivity index (χ1) is 11.6. The van der Waals surface area contributed by atoms with Crippen molar-refractivity contribution in [2.24, 2.45) is 0 Å². The molecule has 0 saturated carbocycles. The van der Waals surface area contributed by atoms with Crippen molar-refractivity contribution in [1.82, 2.24) is 10.3 Å². The van der Waals surface area contributed by atoms with Gasteiger partial charge in [0.25, 0.3) is 0 Å². The van der Waals surface area contributed by atoms with Crippen molar-refractivity contribution in [3.05, 3.63) is 60.3 Å². The van der Waals surface area contributed by atoms with Crippen molar-refractivity contribution < 1.29 is 4.79 Å². The molecule has 0 atom stereocenters. The molecule has 0 spiro atoms. The number of nitrogens with zero attached hydrogens (tertiary/aromatic N) is 1. The van der Waals surface area contributed by atoms with E-state index in [-0.39, 0.29) is 6.03 Å². The summed E-state index contributed by atoms with van der Waals surface area (Å²) in [5.41, 5.74) is 4.21. The van der Waals surface area contributed by atoms with Crippen LogP contribution in [-0.4, -0.2) is 31.7 Å². The van der Waals surface area contributed by atoms with Crippen LogP contribution in [0.25, 0.3) is 10.9 Å². The maximum absolute atomic E-state index is 12.0. The van der Waals surface area contributed by atoms with Crippen molar-refractivity contribution in [3.63, 3.8) is 0 Å². The Morgan fingerprint density at radius 3 is 2.58 bits per heavy atom. The van der Waals surface area contributed by atoms with Gasteiger partial charge in [0.1, 0.15) is 0 Å². The summed E-state index contributed by atoms with van der Waals surface area (Å²) < 4.78 is 0. The summed E-state index contributed by atoms with van der Waals surface area (Å²) in [6, 6.07) is 15.7. The zero-order valence-electron chi connectivity index (χ0n) is 14.0. The molecule has 0 unspecified atom stereocenters. The van der Waals surface area contributed by atoms with Crippen molar-refractivity contribution in [2.45, 2.75) is 6.42 Å². The van der Waals surface area contributed by atoms with Crippen molar-refractivity contribution in [3.8, 4) is 0 Å². The van der Waals surface area contributed by atoms with Crippen LogP contribution in [0.3, 0.4) is 0 Å². The first kappa shape index (κ1) is 15.9. The van der Waals surface area contributed by atoms with Crippen LogP contribution in [0.4, 0.5) is 16.2 Å². The Kier molecular flexibility index (Phi) is 4.70. The van der Waals surface area contributed by atoms with Gasteiger partial charge < -0.3 is 20.5 Å². The first-order valence-electron chi connectivity index (χ1n) is 8.01. The Bertz CT molecular complexity index is 821. The molecule has 0 radical (unpaired) electrons. The molecular weight excluding hydrogens is 300 g/mol. The zero-order valence-corrected chi connectivity index (χ0v) is 14.0. The van der Waals surface area contributed by atoms with E-state index in [2.05, 4.69) is 27.8 Å². The van der Waals surface area contributed by atoms with Gasteiger partial charge in [0, 0.05) is 49.1 Å². The number of amides is 2. The molecule has 0 saturated heterocycles. The zero-order chi connectivity index (χ0) is 16.9. The van der Waals surface area contributed by atoms with Crippen molar-refractivity contribution in [1.29, 1.82) is 0 Å². The van der Waals surface area contributed by atoms with E-state index in [0.717, 1.165) is 23.3 Å². The molecule has 2 amide bonds. The molecule has 0 aliphatic heterocycles. The third-order valence-corrected chi connectivity index (χ3v) is 4.00. The van der Waals surface area contributed by atoms with Crippen LogP contribution in [-0.2, 0) is 6.42 Å². The molecule has 1 aromatic heterocycles. The molecule has 0 fully saturated rings. The number of H-pyrrole nitrogens is 1. The van der Waals surface area contributed by atoms with E-state index in [9.17, 15) is 4.79 Å². The summed E-state index contributed by atoms with van der Waals surface area (Å²) >= 11 is 0. The maximum Gasteiger partial charge on any atom is 0.319 e. The third-order valence-electron chi connectivity index (χ3n) is 4.00. The number of rotatable bonds is 5. The summed E-state index contributed by atoms with van der Waals surface area (Å²) in [6.07, 6.45) is 2.79. The van der Waals surface area contributed by atoms with Gasteiger partial charge in [-0.25, -0.2) is 4.79 Å². The van der Waals surface area contributed by atoms with E-state index in [0.29, 0.717) is 6.54 Å². The Morgan fingerprint density at radius 1 is 1.08 bits per heavy atom. The topological polar surface area (TPSA) is 60.2 Å². The number of anilines is 2. The van der Waals surface area contributed by atoms with Gasteiger partial charge in [-0.15, -0.1) is 0 Å². The lowest BCUT2D eigenvalue weighted by Crippen LogP contribution is -2.30. The summed E-state index contributed by atoms with van der Waals surface area (Å²) in [5, 5.41) is 6.95. The average Bonchev–Trinajstić information content (AvgIpc) is 2.99. The van der Waals surface area contributed by atoms with Crippen LogP contribution >= 0.6 is 0 Å². The second-order valence-electron chi connectivity index (χ2n) is 5.93. The quantitative estimate of drug-likeness (QED) is 0.672. The van der Waals surface area contributed by atoms with Crippen LogP contribution < -0.4 is 15.5 Å². The number of aromatic nitrogens is 1. The summed E-state index contributed by atoms with van der Waals surface area (Å²) in [4.78, 5) is 17.2. The normalized spacial score (nSPS) is 10.6. The number of para-hydroxylation sites is 1. The van der Waals surface area contributed by atoms with Gasteiger partial charge in [-0.05, 0) is 42.3 Å². The molecule has 0 bridgehead atoms. The van der Waals surface area contributed by atoms with E-state index < -0.39 is 0 Å². The first-order valence-corrected chi connectivity index (χ1v) is 8.01. The lowest BCUT2D eigenvalue weighted by molar-refractivity contribution is 0.252. The number of hydrogen-bond acceptors (Lipinski definition) is 2. The third kappa shape index (κ3) is 3.68. The van der Waals surface area contributed by atoms with Crippen LogP contribution in [0.15, 0.2) is 54.7 Å². The molecule has 3 aromatic rings. The number of carbonyl (C=O) groups excluding carboxylic acids is 1. The number of fused-ring (bicyclic) bond motifs is 1. The smallest absolute Gasteiger partial charge is 0.319 e. The molecule has 124 valence electrons. The monoisotopic (exact) mass is 322 g/mol. The predicted molar refractivity (Wildman–Crippen MR) is 99.8 cm³/mol. The van der Waals surface area contributed by atoms with Gasteiger partial charge in [-0.1, -0.05) is 18.2 Å². The molecule has 0 aliphatic rings. The van der Waals surface area contributed by atoms with Crippen LogP contribution in [0.2, 0.25) is 0 Å². The fraction of sp³-hybridized carbons (Fsp3) is 0.211. The van der Waals surface area contributed by atoms with Gasteiger partial charge in [-0.2, -0.15) is 0 Å². The van der Waals surface area contributed by atoms with E-state index in [4.69, 9.17) is 0 Å². The minimum absolute atomic E-state index is 0.188. The largest absolute Gasteiger partial charge is 0.378 e. The van der Waals surface area contributed by atoms with E-state index >= 15 is 0 Å². The molecule has 3 rings (SSSR count). The fourth-order valence-electron chi connectivity index (χ4n) is 2.67. The molecule has 5 nitrogen and oxygen atoms in total. The number of benzene rings is 2.